The minimum atomic E-state index is -3.96. The highest BCUT2D eigenvalue weighted by atomic mass is 31.3. The number of rotatable bonds is 21. The number of nitrogens with zero attached hydrogens (tertiary/aromatic N) is 1. The van der Waals surface area contributed by atoms with Gasteiger partial charge in [0.05, 0.1) is 42.7 Å². The van der Waals surface area contributed by atoms with Gasteiger partial charge in [0.15, 0.2) is 23.0 Å². The molecule has 0 aliphatic carbocycles. The molecule has 0 fully saturated rings. The SMILES string of the molecule is COc1ccc(OP(N[P+](N=[P+](Oc2ccc(OC)cc2)Oc2ccc(OC)cc2)(Oc2ccc(OC)cc2)Oc2ccc(OC)cc2)Oc2ccc(OC)cc2)cc1. The fraction of sp³-hybridized carbons (Fsp3) is 0.143. The molecule has 6 aromatic carbocycles. The molecule has 0 aromatic heterocycles. The topological polar surface area (TPSA) is 135 Å². The molecular formula is C42H43N2O12P3+2. The van der Waals surface area contributed by atoms with E-state index < -0.39 is 24.7 Å². The van der Waals surface area contributed by atoms with E-state index in [9.17, 15) is 0 Å². The summed E-state index contributed by atoms with van der Waals surface area (Å²) in [6.07, 6.45) is 0. The van der Waals surface area contributed by atoms with Crippen molar-refractivity contribution in [3.8, 4) is 69.0 Å². The van der Waals surface area contributed by atoms with E-state index in [1.807, 2.05) is 0 Å². The van der Waals surface area contributed by atoms with Crippen LogP contribution in [0.2, 0.25) is 0 Å². The van der Waals surface area contributed by atoms with E-state index in [1.54, 1.807) is 188 Å². The molecule has 0 aliphatic heterocycles. The molecule has 0 spiro atoms. The van der Waals surface area contributed by atoms with E-state index in [1.165, 1.54) is 0 Å². The van der Waals surface area contributed by atoms with Gasteiger partial charge in [-0.3, -0.25) is 9.05 Å². The number of ether oxygens (including phenoxy) is 6. The van der Waals surface area contributed by atoms with Crippen LogP contribution in [0.5, 0.6) is 69.0 Å². The van der Waals surface area contributed by atoms with Gasteiger partial charge in [-0.05, 0) is 150 Å². The standard InChI is InChI=1S/C42H43N2O12P3/c1-45-31-7-19-37(20-8-31)51-57(52-38-21-9-32(46-2)10-22-38)43-59(55-41-27-15-35(49-5)16-28-41,56-42-29-17-36(50-6)18-30-42)44-58(53-39-23-11-33(47-3)12-24-39)54-40-25-13-34(48-4)14-26-40/h7-30,43H,1-6H3/q+2. The number of hydrogen-bond donors (Lipinski definition) is 1. The Bertz CT molecular complexity index is 2060. The van der Waals surface area contributed by atoms with Crippen molar-refractivity contribution in [1.29, 1.82) is 0 Å². The number of hydrogen-bond acceptors (Lipinski definition) is 14. The van der Waals surface area contributed by atoms with Crippen LogP contribution in [0.1, 0.15) is 0 Å². The van der Waals surface area contributed by atoms with Gasteiger partial charge in [-0.25, -0.2) is 9.05 Å². The van der Waals surface area contributed by atoms with Gasteiger partial charge in [-0.2, -0.15) is 0 Å². The summed E-state index contributed by atoms with van der Waals surface area (Å²) in [6.45, 7) is 0. The van der Waals surface area contributed by atoms with E-state index in [4.69, 9.17) is 60.1 Å². The molecule has 14 nitrogen and oxygen atoms in total. The van der Waals surface area contributed by atoms with Crippen LogP contribution in [0, 0.1) is 0 Å². The summed E-state index contributed by atoms with van der Waals surface area (Å²) in [4.78, 5) is 3.43. The molecule has 6 aromatic rings. The number of benzene rings is 6. The Hall–Kier alpha value is -6.16. The van der Waals surface area contributed by atoms with Crippen molar-refractivity contribution in [3.63, 3.8) is 0 Å². The molecule has 306 valence electrons. The lowest BCUT2D eigenvalue weighted by atomic mass is 10.3. The molecule has 1 N–H and O–H groups in total. The molecule has 17 heteroatoms. The Balaban J connectivity index is 1.53. The number of methoxy groups -OCH3 is 6. The third kappa shape index (κ3) is 12.4. The maximum atomic E-state index is 6.88. The summed E-state index contributed by atoms with van der Waals surface area (Å²) in [6, 6.07) is 42.1. The first-order valence-electron chi connectivity index (χ1n) is 17.8. The maximum absolute atomic E-state index is 6.88. The highest BCUT2D eigenvalue weighted by Gasteiger charge is 2.60. The fourth-order valence-corrected chi connectivity index (χ4v) is 10.4. The zero-order chi connectivity index (χ0) is 41.5. The number of nitrogens with one attached hydrogen (secondary N) is 1. The minimum Gasteiger partial charge on any atom is -0.497 e. The first-order chi connectivity index (χ1) is 28.8. The Morgan fingerprint density at radius 3 is 0.864 bits per heavy atom. The third-order valence-electron chi connectivity index (χ3n) is 7.96. The molecule has 0 radical (unpaired) electrons. The molecule has 0 atom stereocenters. The van der Waals surface area contributed by atoms with E-state index in [0.29, 0.717) is 69.0 Å². The van der Waals surface area contributed by atoms with E-state index in [0.717, 1.165) is 0 Å². The lowest BCUT2D eigenvalue weighted by Crippen LogP contribution is -2.23. The van der Waals surface area contributed by atoms with Crippen LogP contribution in [-0.4, -0.2) is 42.7 Å². The molecule has 59 heavy (non-hydrogen) atoms. The van der Waals surface area contributed by atoms with Gasteiger partial charge in [0, 0.05) is 0 Å². The molecule has 0 amide bonds. The average molecular weight is 861 g/mol. The fourth-order valence-electron chi connectivity index (χ4n) is 4.91. The first-order valence-corrected chi connectivity index (χ1v) is 21.7. The normalized spacial score (nSPS) is 10.8. The average Bonchev–Trinajstić information content (AvgIpc) is 3.28. The van der Waals surface area contributed by atoms with Crippen LogP contribution in [-0.2, 0) is 0 Å². The van der Waals surface area contributed by atoms with Crippen LogP contribution in [0.15, 0.2) is 150 Å². The summed E-state index contributed by atoms with van der Waals surface area (Å²) in [5.74, 6) is 6.32. The molecular weight excluding hydrogens is 817 g/mol. The Kier molecular flexibility index (Phi) is 15.1. The smallest absolute Gasteiger partial charge is 0.497 e. The van der Waals surface area contributed by atoms with Crippen molar-refractivity contribution < 1.29 is 55.6 Å². The van der Waals surface area contributed by atoms with Crippen LogP contribution < -0.4 is 60.4 Å². The van der Waals surface area contributed by atoms with Crippen molar-refractivity contribution in [2.45, 2.75) is 0 Å². The summed E-state index contributed by atoms with van der Waals surface area (Å²) < 4.78 is 77.5. The zero-order valence-corrected chi connectivity index (χ0v) is 35.7. The van der Waals surface area contributed by atoms with Crippen molar-refractivity contribution in [2.24, 2.45) is 4.52 Å². The third-order valence-corrected chi connectivity index (χ3v) is 13.6. The summed E-state index contributed by atoms with van der Waals surface area (Å²) in [5.41, 5.74) is 0. The predicted molar refractivity (Wildman–Crippen MR) is 228 cm³/mol. The van der Waals surface area contributed by atoms with Gasteiger partial charge < -0.3 is 37.5 Å². The summed E-state index contributed by atoms with van der Waals surface area (Å²) in [7, 11) is 1.04. The lowest BCUT2D eigenvalue weighted by Gasteiger charge is -2.22. The predicted octanol–water partition coefficient (Wildman–Crippen LogP) is 11.5. The molecule has 0 heterocycles. The first kappa shape index (κ1) is 42.4. The highest BCUT2D eigenvalue weighted by Crippen LogP contribution is 2.66. The lowest BCUT2D eigenvalue weighted by molar-refractivity contribution is 0.409. The van der Waals surface area contributed by atoms with Crippen molar-refractivity contribution >= 4 is 24.7 Å². The summed E-state index contributed by atoms with van der Waals surface area (Å²) in [5, 5.41) is 0. The van der Waals surface area contributed by atoms with Crippen molar-refractivity contribution in [1.82, 2.24) is 4.86 Å². The van der Waals surface area contributed by atoms with E-state index >= 15 is 0 Å². The molecule has 0 aliphatic rings. The van der Waals surface area contributed by atoms with Gasteiger partial charge in [-0.15, -0.1) is 0 Å². The van der Waals surface area contributed by atoms with Crippen LogP contribution in [0.25, 0.3) is 0 Å². The quantitative estimate of drug-likeness (QED) is 0.0688. The molecule has 6 rings (SSSR count). The van der Waals surface area contributed by atoms with E-state index in [2.05, 4.69) is 4.86 Å². The van der Waals surface area contributed by atoms with Gasteiger partial charge in [-0.1, -0.05) is 0 Å². The van der Waals surface area contributed by atoms with Gasteiger partial charge in [0.2, 0.25) is 4.52 Å². The molecule has 0 saturated carbocycles. The second kappa shape index (κ2) is 21.0. The summed E-state index contributed by atoms with van der Waals surface area (Å²) >= 11 is 0. The second-order valence-electron chi connectivity index (χ2n) is 11.8. The van der Waals surface area contributed by atoms with Crippen LogP contribution in [0.4, 0.5) is 0 Å². The second-order valence-corrected chi connectivity index (χ2v) is 16.4. The van der Waals surface area contributed by atoms with E-state index in [-0.39, 0.29) is 0 Å². The molecule has 0 bridgehead atoms. The minimum absolute atomic E-state index is 0.372. The van der Waals surface area contributed by atoms with Crippen molar-refractivity contribution in [2.75, 3.05) is 42.7 Å². The van der Waals surface area contributed by atoms with Gasteiger partial charge >= 0.3 is 24.7 Å². The Labute approximate surface area is 345 Å². The van der Waals surface area contributed by atoms with Gasteiger partial charge in [0.1, 0.15) is 46.0 Å². The Morgan fingerprint density at radius 2 is 0.593 bits per heavy atom. The highest BCUT2D eigenvalue weighted by molar-refractivity contribution is 7.75. The zero-order valence-electron chi connectivity index (χ0n) is 33.0. The molecule has 0 saturated heterocycles. The van der Waals surface area contributed by atoms with Crippen LogP contribution in [0.3, 0.4) is 0 Å². The van der Waals surface area contributed by atoms with Crippen LogP contribution >= 0.6 is 24.7 Å². The van der Waals surface area contributed by atoms with Gasteiger partial charge in [0.25, 0.3) is 0 Å². The monoisotopic (exact) mass is 860 g/mol. The van der Waals surface area contributed by atoms with Crippen molar-refractivity contribution in [3.05, 3.63) is 146 Å². The Morgan fingerprint density at radius 1 is 0.356 bits per heavy atom. The largest absolute Gasteiger partial charge is 0.715 e. The maximum Gasteiger partial charge on any atom is 0.715 e. The molecule has 0 unspecified atom stereocenters.